The molecular weight excluding hydrogens is 212 g/mol. The van der Waals surface area contributed by atoms with Gasteiger partial charge < -0.3 is 15.0 Å². The fourth-order valence-corrected chi connectivity index (χ4v) is 3.05. The summed E-state index contributed by atoms with van der Waals surface area (Å²) in [5, 5.41) is 3.76. The number of nitrogens with one attached hydrogen (secondary N) is 1. The molecule has 0 radical (unpaired) electrons. The molecule has 0 amide bonds. The van der Waals surface area contributed by atoms with Gasteiger partial charge in [-0.15, -0.1) is 0 Å². The van der Waals surface area contributed by atoms with Crippen LogP contribution < -0.4 is 5.32 Å². The Kier molecular flexibility index (Phi) is 5.26. The number of piperidine rings is 1. The van der Waals surface area contributed by atoms with Crippen LogP contribution in [-0.2, 0) is 4.74 Å². The number of ether oxygens (including phenoxy) is 1. The highest BCUT2D eigenvalue weighted by Crippen LogP contribution is 2.26. The largest absolute Gasteiger partial charge is 0.379 e. The van der Waals surface area contributed by atoms with E-state index in [1.54, 1.807) is 0 Å². The average Bonchev–Trinajstić information content (AvgIpc) is 2.68. The quantitative estimate of drug-likeness (QED) is 0.688. The van der Waals surface area contributed by atoms with Gasteiger partial charge in [-0.2, -0.15) is 0 Å². The van der Waals surface area contributed by atoms with Crippen LogP contribution in [0.25, 0.3) is 0 Å². The van der Waals surface area contributed by atoms with Gasteiger partial charge in [0.1, 0.15) is 0 Å². The third-order valence-electron chi connectivity index (χ3n) is 4.06. The van der Waals surface area contributed by atoms with Gasteiger partial charge >= 0.3 is 0 Å². The number of nitrogens with zero attached hydrogens (tertiary/aromatic N) is 1. The van der Waals surface area contributed by atoms with Crippen molar-refractivity contribution in [1.82, 2.24) is 10.2 Å². The van der Waals surface area contributed by atoms with Crippen molar-refractivity contribution in [3.8, 4) is 0 Å². The first kappa shape index (κ1) is 13.3. The van der Waals surface area contributed by atoms with Gasteiger partial charge in [0.15, 0.2) is 0 Å². The Morgan fingerprint density at radius 1 is 1.24 bits per heavy atom. The van der Waals surface area contributed by atoms with E-state index in [0.717, 1.165) is 18.6 Å². The van der Waals surface area contributed by atoms with Crippen LogP contribution in [0.5, 0.6) is 0 Å². The Morgan fingerprint density at radius 3 is 2.88 bits per heavy atom. The lowest BCUT2D eigenvalue weighted by atomic mass is 9.94. The standard InChI is InChI=1S/C14H28N2O/c1-12(2)17-10-4-3-7-15-14-6-9-16-8-5-13(14)11-16/h12-15H,3-11H2,1-2H3. The van der Waals surface area contributed by atoms with Crippen molar-refractivity contribution in [2.75, 3.05) is 32.8 Å². The smallest absolute Gasteiger partial charge is 0.0518 e. The molecule has 3 unspecified atom stereocenters. The van der Waals surface area contributed by atoms with Crippen molar-refractivity contribution in [3.05, 3.63) is 0 Å². The van der Waals surface area contributed by atoms with Crippen LogP contribution in [-0.4, -0.2) is 49.8 Å². The maximum absolute atomic E-state index is 5.55. The summed E-state index contributed by atoms with van der Waals surface area (Å²) >= 11 is 0. The van der Waals surface area contributed by atoms with E-state index in [2.05, 4.69) is 24.1 Å². The molecule has 0 spiro atoms. The first-order valence-electron chi connectivity index (χ1n) is 7.33. The van der Waals surface area contributed by atoms with Crippen LogP contribution in [0, 0.1) is 5.92 Å². The molecule has 3 heteroatoms. The molecule has 2 bridgehead atoms. The molecule has 2 fully saturated rings. The number of hydrogen-bond donors (Lipinski definition) is 1. The highest BCUT2D eigenvalue weighted by atomic mass is 16.5. The van der Waals surface area contributed by atoms with Gasteiger partial charge in [0.05, 0.1) is 6.10 Å². The van der Waals surface area contributed by atoms with Crippen molar-refractivity contribution in [1.29, 1.82) is 0 Å². The average molecular weight is 240 g/mol. The van der Waals surface area contributed by atoms with E-state index in [1.165, 1.54) is 51.9 Å². The third-order valence-corrected chi connectivity index (χ3v) is 4.06. The Hall–Kier alpha value is -0.120. The minimum atomic E-state index is 0.380. The van der Waals surface area contributed by atoms with Crippen LogP contribution in [0.3, 0.4) is 0 Å². The monoisotopic (exact) mass is 240 g/mol. The van der Waals surface area contributed by atoms with Crippen LogP contribution >= 0.6 is 0 Å². The molecule has 2 aliphatic rings. The maximum Gasteiger partial charge on any atom is 0.0518 e. The molecule has 100 valence electrons. The second kappa shape index (κ2) is 6.72. The SMILES string of the molecule is CC(C)OCCCCNC1CCN2CCC1C2. The highest BCUT2D eigenvalue weighted by Gasteiger charge is 2.33. The summed E-state index contributed by atoms with van der Waals surface area (Å²) in [6.07, 6.45) is 5.58. The van der Waals surface area contributed by atoms with E-state index in [1.807, 2.05) is 0 Å². The summed E-state index contributed by atoms with van der Waals surface area (Å²) in [5.74, 6) is 0.927. The van der Waals surface area contributed by atoms with E-state index in [-0.39, 0.29) is 0 Å². The molecule has 2 saturated heterocycles. The van der Waals surface area contributed by atoms with Crippen molar-refractivity contribution in [2.24, 2.45) is 5.92 Å². The first-order chi connectivity index (χ1) is 8.25. The Bertz CT molecular complexity index is 220. The number of rotatable bonds is 7. The van der Waals surface area contributed by atoms with Gasteiger partial charge in [0.2, 0.25) is 0 Å². The predicted molar refractivity (Wildman–Crippen MR) is 71.3 cm³/mol. The van der Waals surface area contributed by atoms with Gasteiger partial charge in [-0.05, 0) is 65.1 Å². The number of fused-ring (bicyclic) bond motifs is 2. The van der Waals surface area contributed by atoms with E-state index < -0.39 is 0 Å². The van der Waals surface area contributed by atoms with E-state index in [4.69, 9.17) is 4.74 Å². The minimum absolute atomic E-state index is 0.380. The van der Waals surface area contributed by atoms with Gasteiger partial charge in [0, 0.05) is 19.2 Å². The molecule has 0 aliphatic carbocycles. The second-order valence-electron chi connectivity index (χ2n) is 5.83. The normalized spacial score (nSPS) is 32.3. The predicted octanol–water partition coefficient (Wildman–Crippen LogP) is 1.88. The summed E-state index contributed by atoms with van der Waals surface area (Å²) in [5.41, 5.74) is 0. The van der Waals surface area contributed by atoms with E-state index in [0.29, 0.717) is 6.10 Å². The maximum atomic E-state index is 5.55. The lowest BCUT2D eigenvalue weighted by Gasteiger charge is -2.31. The molecule has 3 nitrogen and oxygen atoms in total. The molecule has 2 aliphatic heterocycles. The lowest BCUT2D eigenvalue weighted by Crippen LogP contribution is -2.44. The molecule has 0 aromatic rings. The van der Waals surface area contributed by atoms with Gasteiger partial charge in [-0.3, -0.25) is 0 Å². The summed E-state index contributed by atoms with van der Waals surface area (Å²) in [4.78, 5) is 2.61. The zero-order chi connectivity index (χ0) is 12.1. The molecule has 2 rings (SSSR count). The molecule has 1 N–H and O–H groups in total. The zero-order valence-electron chi connectivity index (χ0n) is 11.5. The first-order valence-corrected chi connectivity index (χ1v) is 7.33. The molecule has 2 heterocycles. The molecule has 0 aromatic carbocycles. The summed E-state index contributed by atoms with van der Waals surface area (Å²) in [6, 6.07) is 0.791. The van der Waals surface area contributed by atoms with Gasteiger partial charge in [-0.25, -0.2) is 0 Å². The Morgan fingerprint density at radius 2 is 2.06 bits per heavy atom. The van der Waals surface area contributed by atoms with Crippen LogP contribution in [0.4, 0.5) is 0 Å². The van der Waals surface area contributed by atoms with E-state index in [9.17, 15) is 0 Å². The number of unbranched alkanes of at least 4 members (excludes halogenated alkanes) is 1. The van der Waals surface area contributed by atoms with Crippen LogP contribution in [0.1, 0.15) is 39.5 Å². The van der Waals surface area contributed by atoms with Crippen LogP contribution in [0.15, 0.2) is 0 Å². The molecular formula is C14H28N2O. The molecule has 0 saturated carbocycles. The lowest BCUT2D eigenvalue weighted by molar-refractivity contribution is 0.0757. The highest BCUT2D eigenvalue weighted by molar-refractivity contribution is 4.90. The second-order valence-corrected chi connectivity index (χ2v) is 5.83. The van der Waals surface area contributed by atoms with Crippen molar-refractivity contribution in [3.63, 3.8) is 0 Å². The zero-order valence-corrected chi connectivity index (χ0v) is 11.5. The molecule has 3 atom stereocenters. The Balaban J connectivity index is 1.50. The molecule has 0 aromatic heterocycles. The van der Waals surface area contributed by atoms with E-state index >= 15 is 0 Å². The minimum Gasteiger partial charge on any atom is -0.379 e. The summed E-state index contributed by atoms with van der Waals surface area (Å²) in [7, 11) is 0. The fraction of sp³-hybridized carbons (Fsp3) is 1.00. The van der Waals surface area contributed by atoms with Crippen molar-refractivity contribution >= 4 is 0 Å². The summed E-state index contributed by atoms with van der Waals surface area (Å²) in [6.45, 7) is 10.3. The fourth-order valence-electron chi connectivity index (χ4n) is 3.05. The topological polar surface area (TPSA) is 24.5 Å². The number of hydrogen-bond acceptors (Lipinski definition) is 3. The third kappa shape index (κ3) is 4.23. The van der Waals surface area contributed by atoms with Crippen molar-refractivity contribution in [2.45, 2.75) is 51.7 Å². The van der Waals surface area contributed by atoms with Crippen LogP contribution in [0.2, 0.25) is 0 Å². The summed E-state index contributed by atoms with van der Waals surface area (Å²) < 4.78 is 5.55. The van der Waals surface area contributed by atoms with Gasteiger partial charge in [-0.1, -0.05) is 0 Å². The molecule has 17 heavy (non-hydrogen) atoms. The van der Waals surface area contributed by atoms with Gasteiger partial charge in [0.25, 0.3) is 0 Å². The Labute approximate surface area is 106 Å². The van der Waals surface area contributed by atoms with Crippen molar-refractivity contribution < 1.29 is 4.74 Å².